The summed E-state index contributed by atoms with van der Waals surface area (Å²) >= 11 is 0. The molecule has 0 spiro atoms. The number of likely N-dealkylation sites (tertiary alicyclic amines) is 1. The van der Waals surface area contributed by atoms with E-state index >= 15 is 0 Å². The van der Waals surface area contributed by atoms with Crippen LogP contribution in [0.4, 0.5) is 0 Å². The van der Waals surface area contributed by atoms with Gasteiger partial charge in [-0.05, 0) is 67.6 Å². The Morgan fingerprint density at radius 1 is 1.03 bits per heavy atom. The van der Waals surface area contributed by atoms with Crippen LogP contribution in [0.25, 0.3) is 10.8 Å². The summed E-state index contributed by atoms with van der Waals surface area (Å²) in [6.07, 6.45) is 7.71. The number of rotatable bonds is 10. The average molecular weight is 493 g/mol. The summed E-state index contributed by atoms with van der Waals surface area (Å²) in [5, 5.41) is 8.99. The molecule has 0 bridgehead atoms. The zero-order valence-corrected chi connectivity index (χ0v) is 22.2. The Morgan fingerprint density at radius 3 is 2.53 bits per heavy atom. The lowest BCUT2D eigenvalue weighted by Crippen LogP contribution is -2.50. The van der Waals surface area contributed by atoms with Crippen molar-refractivity contribution in [2.45, 2.75) is 70.9 Å². The Labute approximate surface area is 216 Å². The number of carbonyl (C=O) groups excluding carboxylic acids is 2. The van der Waals surface area contributed by atoms with Crippen LogP contribution >= 0.6 is 0 Å². The van der Waals surface area contributed by atoms with Gasteiger partial charge in [-0.3, -0.25) is 9.59 Å². The molecule has 196 valence electrons. The third-order valence-electron chi connectivity index (χ3n) is 8.13. The second-order valence-corrected chi connectivity index (χ2v) is 10.6. The number of nitrogens with zero attached hydrogens (tertiary/aromatic N) is 2. The Bertz CT molecular complexity index is 999. The van der Waals surface area contributed by atoms with E-state index in [1.165, 1.54) is 19.3 Å². The molecule has 2 aliphatic rings. The maximum Gasteiger partial charge on any atom is 0.251 e. The molecule has 36 heavy (non-hydrogen) atoms. The number of nitrogens with one attached hydrogen (secondary N) is 2. The Kier molecular flexibility index (Phi) is 9.76. The van der Waals surface area contributed by atoms with Gasteiger partial charge in [0.05, 0.1) is 6.04 Å². The minimum atomic E-state index is -0.189. The van der Waals surface area contributed by atoms with E-state index < -0.39 is 0 Å². The topological polar surface area (TPSA) is 64.7 Å². The molecular weight excluding hydrogens is 448 g/mol. The maximum absolute atomic E-state index is 13.6. The van der Waals surface area contributed by atoms with Crippen LogP contribution in [-0.4, -0.2) is 73.0 Å². The first kappa shape index (κ1) is 26.6. The molecule has 0 saturated carbocycles. The highest BCUT2D eigenvalue weighted by molar-refractivity contribution is 5.98. The summed E-state index contributed by atoms with van der Waals surface area (Å²) < 4.78 is 0. The van der Waals surface area contributed by atoms with Crippen LogP contribution < -0.4 is 10.6 Å². The van der Waals surface area contributed by atoms with Crippen molar-refractivity contribution in [1.29, 1.82) is 0 Å². The smallest absolute Gasteiger partial charge is 0.251 e. The minimum Gasteiger partial charge on any atom is -0.350 e. The fourth-order valence-electron chi connectivity index (χ4n) is 5.63. The molecule has 0 unspecified atom stereocenters. The molecule has 2 atom stereocenters. The van der Waals surface area contributed by atoms with Gasteiger partial charge in [-0.1, -0.05) is 63.4 Å². The second-order valence-electron chi connectivity index (χ2n) is 10.6. The van der Waals surface area contributed by atoms with Crippen molar-refractivity contribution in [3.63, 3.8) is 0 Å². The molecule has 0 aromatic heterocycles. The number of hydrogen-bond acceptors (Lipinski definition) is 4. The van der Waals surface area contributed by atoms with E-state index in [-0.39, 0.29) is 23.9 Å². The van der Waals surface area contributed by atoms with Gasteiger partial charge >= 0.3 is 0 Å². The predicted octanol–water partition coefficient (Wildman–Crippen LogP) is 4.44. The maximum atomic E-state index is 13.6. The Balaban J connectivity index is 1.39. The van der Waals surface area contributed by atoms with E-state index in [9.17, 15) is 9.59 Å². The van der Waals surface area contributed by atoms with Crippen LogP contribution in [-0.2, 0) is 4.79 Å². The normalized spacial score (nSPS) is 21.6. The summed E-state index contributed by atoms with van der Waals surface area (Å²) in [6, 6.07) is 13.8. The van der Waals surface area contributed by atoms with Crippen molar-refractivity contribution in [2.24, 2.45) is 5.92 Å². The molecule has 6 heteroatoms. The molecule has 6 nitrogen and oxygen atoms in total. The molecule has 0 aliphatic carbocycles. The van der Waals surface area contributed by atoms with Crippen molar-refractivity contribution in [2.75, 3.05) is 39.3 Å². The van der Waals surface area contributed by atoms with Crippen molar-refractivity contribution in [3.05, 3.63) is 48.0 Å². The molecule has 2 amide bonds. The first-order valence-electron chi connectivity index (χ1n) is 14.1. The summed E-state index contributed by atoms with van der Waals surface area (Å²) in [5.41, 5.74) is 0.676. The lowest BCUT2D eigenvalue weighted by molar-refractivity contribution is -0.133. The van der Waals surface area contributed by atoms with E-state index in [2.05, 4.69) is 40.3 Å². The summed E-state index contributed by atoms with van der Waals surface area (Å²) in [4.78, 5) is 31.1. The van der Waals surface area contributed by atoms with E-state index in [4.69, 9.17) is 0 Å². The SMILES string of the molecule is CCC(CC)CN1CC[C@H](CNC(=O)c2ccc3ccccc3c2)N[C@H](CCN2CCCCC2)C1=O. The highest BCUT2D eigenvalue weighted by Crippen LogP contribution is 2.18. The Morgan fingerprint density at radius 2 is 1.78 bits per heavy atom. The number of carbonyl (C=O) groups is 2. The molecule has 2 aliphatic heterocycles. The third kappa shape index (κ3) is 7.07. The molecule has 2 aromatic carbocycles. The monoisotopic (exact) mass is 492 g/mol. The van der Waals surface area contributed by atoms with E-state index in [0.29, 0.717) is 18.0 Å². The van der Waals surface area contributed by atoms with Crippen molar-refractivity contribution >= 4 is 22.6 Å². The molecule has 0 radical (unpaired) electrons. The Hall–Kier alpha value is -2.44. The first-order chi connectivity index (χ1) is 17.6. The summed E-state index contributed by atoms with van der Waals surface area (Å²) in [7, 11) is 0. The van der Waals surface area contributed by atoms with Gasteiger partial charge in [-0.25, -0.2) is 0 Å². The predicted molar refractivity (Wildman–Crippen MR) is 147 cm³/mol. The van der Waals surface area contributed by atoms with Gasteiger partial charge in [-0.15, -0.1) is 0 Å². The molecular formula is C30H44N4O2. The molecule has 2 saturated heterocycles. The molecule has 2 fully saturated rings. The largest absolute Gasteiger partial charge is 0.350 e. The molecule has 2 aromatic rings. The van der Waals surface area contributed by atoms with Crippen LogP contribution in [0.2, 0.25) is 0 Å². The van der Waals surface area contributed by atoms with Crippen LogP contribution in [0.15, 0.2) is 42.5 Å². The fourth-order valence-corrected chi connectivity index (χ4v) is 5.63. The minimum absolute atomic E-state index is 0.0584. The van der Waals surface area contributed by atoms with Gasteiger partial charge < -0.3 is 20.4 Å². The third-order valence-corrected chi connectivity index (χ3v) is 8.13. The first-order valence-corrected chi connectivity index (χ1v) is 14.1. The second kappa shape index (κ2) is 13.2. The average Bonchev–Trinajstić information content (AvgIpc) is 3.07. The lowest BCUT2D eigenvalue weighted by Gasteiger charge is -2.30. The highest BCUT2D eigenvalue weighted by Gasteiger charge is 2.32. The lowest BCUT2D eigenvalue weighted by atomic mass is 10.0. The molecule has 2 N–H and O–H groups in total. The zero-order valence-electron chi connectivity index (χ0n) is 22.2. The number of amides is 2. The van der Waals surface area contributed by atoms with Gasteiger partial charge in [0.1, 0.15) is 0 Å². The van der Waals surface area contributed by atoms with E-state index in [1.54, 1.807) is 0 Å². The quantitative estimate of drug-likeness (QED) is 0.515. The number of fused-ring (bicyclic) bond motifs is 1. The van der Waals surface area contributed by atoms with Crippen molar-refractivity contribution < 1.29 is 9.59 Å². The fraction of sp³-hybridized carbons (Fsp3) is 0.600. The van der Waals surface area contributed by atoms with Crippen LogP contribution in [0.1, 0.15) is 69.2 Å². The van der Waals surface area contributed by atoms with Gasteiger partial charge in [-0.2, -0.15) is 0 Å². The summed E-state index contributed by atoms with van der Waals surface area (Å²) in [6.45, 7) is 9.79. The summed E-state index contributed by atoms with van der Waals surface area (Å²) in [5.74, 6) is 0.722. The number of hydrogen-bond donors (Lipinski definition) is 2. The van der Waals surface area contributed by atoms with Crippen LogP contribution in [0, 0.1) is 5.92 Å². The van der Waals surface area contributed by atoms with E-state index in [1.807, 2.05) is 36.4 Å². The number of benzene rings is 2. The van der Waals surface area contributed by atoms with Gasteiger partial charge in [0.2, 0.25) is 5.91 Å². The van der Waals surface area contributed by atoms with Gasteiger partial charge in [0.25, 0.3) is 5.91 Å². The standard InChI is InChI=1S/C30H44N4O2/c1-3-23(4-2)22-34-19-14-27(32-28(30(34)36)15-18-33-16-8-5-9-17-33)21-31-29(35)26-13-12-24-10-6-7-11-25(24)20-26/h6-7,10-13,20,23,27-28,32H,3-5,8-9,14-19,21-22H2,1-2H3,(H,31,35)/t27-,28-/m1/s1. The van der Waals surface area contributed by atoms with Gasteiger partial charge in [0, 0.05) is 37.8 Å². The molecule has 2 heterocycles. The highest BCUT2D eigenvalue weighted by atomic mass is 16.2. The van der Waals surface area contributed by atoms with E-state index in [0.717, 1.165) is 69.2 Å². The van der Waals surface area contributed by atoms with Crippen LogP contribution in [0.5, 0.6) is 0 Å². The van der Waals surface area contributed by atoms with Crippen molar-refractivity contribution in [3.8, 4) is 0 Å². The number of piperidine rings is 1. The zero-order chi connectivity index (χ0) is 25.3. The van der Waals surface area contributed by atoms with Crippen LogP contribution in [0.3, 0.4) is 0 Å². The van der Waals surface area contributed by atoms with Gasteiger partial charge in [0.15, 0.2) is 0 Å². The van der Waals surface area contributed by atoms with Crippen molar-refractivity contribution in [1.82, 2.24) is 20.4 Å². The molecule has 4 rings (SSSR count).